The molecule has 0 aromatic heterocycles. The minimum absolute atomic E-state index is 0.0613. The molecule has 16 heavy (non-hydrogen) atoms. The van der Waals surface area contributed by atoms with E-state index in [0.29, 0.717) is 5.70 Å². The first kappa shape index (κ1) is 10.6. The van der Waals surface area contributed by atoms with Gasteiger partial charge < -0.3 is 5.11 Å². The number of carbonyl (C=O) groups is 3. The standard InChI is InChI=1S/C11H11NO4/c1-11(2)5-7(10(15)16)12-8(11)3-6(13)4-9(12)14/h3,5H,4H2,1-2H3,(H,15,16). The second-order valence-corrected chi connectivity index (χ2v) is 4.46. The summed E-state index contributed by atoms with van der Waals surface area (Å²) < 4.78 is 0. The van der Waals surface area contributed by atoms with E-state index in [9.17, 15) is 14.4 Å². The zero-order chi connectivity index (χ0) is 12.1. The maximum atomic E-state index is 11.6. The number of carboxylic acid groups (broad SMARTS) is 1. The van der Waals surface area contributed by atoms with Crippen LogP contribution >= 0.6 is 0 Å². The minimum atomic E-state index is -1.15. The highest BCUT2D eigenvalue weighted by molar-refractivity contribution is 6.10. The van der Waals surface area contributed by atoms with Crippen molar-refractivity contribution >= 4 is 17.7 Å². The van der Waals surface area contributed by atoms with E-state index in [2.05, 4.69) is 0 Å². The smallest absolute Gasteiger partial charge is 0.352 e. The molecule has 0 radical (unpaired) electrons. The Morgan fingerprint density at radius 3 is 2.62 bits per heavy atom. The van der Waals surface area contributed by atoms with Crippen LogP contribution in [0.2, 0.25) is 0 Å². The molecule has 2 rings (SSSR count). The summed E-state index contributed by atoms with van der Waals surface area (Å²) in [6.07, 6.45) is 2.59. The Labute approximate surface area is 92.0 Å². The van der Waals surface area contributed by atoms with E-state index in [0.717, 1.165) is 4.90 Å². The number of carbonyl (C=O) groups excluding carboxylic acids is 2. The molecule has 84 valence electrons. The highest BCUT2D eigenvalue weighted by atomic mass is 16.4. The van der Waals surface area contributed by atoms with Crippen molar-refractivity contribution in [1.29, 1.82) is 0 Å². The molecule has 2 aliphatic rings. The maximum absolute atomic E-state index is 11.6. The molecule has 0 fully saturated rings. The number of hydrogen-bond acceptors (Lipinski definition) is 3. The normalized spacial score (nSPS) is 22.8. The quantitative estimate of drug-likeness (QED) is 0.661. The lowest BCUT2D eigenvalue weighted by atomic mass is 9.89. The molecule has 0 unspecified atom stereocenters. The van der Waals surface area contributed by atoms with E-state index in [1.165, 1.54) is 12.2 Å². The summed E-state index contributed by atoms with van der Waals surface area (Å²) in [6.45, 7) is 3.54. The average Bonchev–Trinajstić information content (AvgIpc) is 2.39. The van der Waals surface area contributed by atoms with Gasteiger partial charge in [-0.3, -0.25) is 14.5 Å². The molecule has 0 saturated carbocycles. The molecule has 0 aromatic carbocycles. The lowest BCUT2D eigenvalue weighted by Crippen LogP contribution is -2.36. The van der Waals surface area contributed by atoms with E-state index in [4.69, 9.17) is 5.11 Å². The van der Waals surface area contributed by atoms with Gasteiger partial charge in [0.2, 0.25) is 5.91 Å². The number of rotatable bonds is 1. The molecular weight excluding hydrogens is 210 g/mol. The molecule has 0 aliphatic carbocycles. The van der Waals surface area contributed by atoms with Gasteiger partial charge in [0.1, 0.15) is 5.70 Å². The summed E-state index contributed by atoms with van der Waals surface area (Å²) in [5.74, 6) is -1.90. The second kappa shape index (κ2) is 3.04. The van der Waals surface area contributed by atoms with Crippen LogP contribution in [-0.2, 0) is 14.4 Å². The predicted octanol–water partition coefficient (Wildman–Crippen LogP) is 0.680. The SMILES string of the molecule is CC1(C)C=C(C(=O)O)N2C(=O)CC(=O)C=C21. The third kappa shape index (κ3) is 1.36. The number of ketones is 1. The van der Waals surface area contributed by atoms with Crippen molar-refractivity contribution in [3.8, 4) is 0 Å². The fourth-order valence-electron chi connectivity index (χ4n) is 2.01. The topological polar surface area (TPSA) is 74.7 Å². The highest BCUT2D eigenvalue weighted by Crippen LogP contribution is 2.42. The Hall–Kier alpha value is -1.91. The lowest BCUT2D eigenvalue weighted by Gasteiger charge is -2.28. The Kier molecular flexibility index (Phi) is 2.01. The maximum Gasteiger partial charge on any atom is 0.352 e. The van der Waals surface area contributed by atoms with Gasteiger partial charge in [-0.1, -0.05) is 13.8 Å². The van der Waals surface area contributed by atoms with Crippen LogP contribution < -0.4 is 0 Å². The second-order valence-electron chi connectivity index (χ2n) is 4.46. The Bertz CT molecular complexity index is 470. The molecule has 2 heterocycles. The summed E-state index contributed by atoms with van der Waals surface area (Å²) in [4.78, 5) is 35.1. The van der Waals surface area contributed by atoms with E-state index in [1.54, 1.807) is 13.8 Å². The summed E-state index contributed by atoms with van der Waals surface area (Å²) in [5, 5.41) is 8.99. The van der Waals surface area contributed by atoms with Crippen molar-refractivity contribution in [1.82, 2.24) is 4.90 Å². The molecule has 0 atom stereocenters. The zero-order valence-electron chi connectivity index (χ0n) is 8.98. The van der Waals surface area contributed by atoms with Gasteiger partial charge in [0.05, 0.1) is 6.42 Å². The molecule has 0 bridgehead atoms. The van der Waals surface area contributed by atoms with Crippen LogP contribution in [0.25, 0.3) is 0 Å². The molecule has 5 heteroatoms. The third-order valence-corrected chi connectivity index (χ3v) is 2.73. The van der Waals surface area contributed by atoms with Crippen LogP contribution in [0.1, 0.15) is 20.3 Å². The van der Waals surface area contributed by atoms with E-state index in [1.807, 2.05) is 0 Å². The van der Waals surface area contributed by atoms with Crippen molar-refractivity contribution in [3.63, 3.8) is 0 Å². The largest absolute Gasteiger partial charge is 0.477 e. The fourth-order valence-corrected chi connectivity index (χ4v) is 2.01. The predicted molar refractivity (Wildman–Crippen MR) is 54.1 cm³/mol. The summed E-state index contributed by atoms with van der Waals surface area (Å²) in [7, 11) is 0. The first-order valence-electron chi connectivity index (χ1n) is 4.87. The number of fused-ring (bicyclic) bond motifs is 1. The van der Waals surface area contributed by atoms with Crippen LogP contribution in [0.3, 0.4) is 0 Å². The summed E-state index contributed by atoms with van der Waals surface area (Å²) in [6, 6.07) is 0. The number of aliphatic carboxylic acids is 1. The summed E-state index contributed by atoms with van der Waals surface area (Å²) in [5.41, 5.74) is -0.209. The monoisotopic (exact) mass is 221 g/mol. The van der Waals surface area contributed by atoms with Gasteiger partial charge in [0.15, 0.2) is 5.78 Å². The Morgan fingerprint density at radius 2 is 2.06 bits per heavy atom. The van der Waals surface area contributed by atoms with Gasteiger partial charge in [0.25, 0.3) is 0 Å². The van der Waals surface area contributed by atoms with Gasteiger partial charge >= 0.3 is 5.97 Å². The zero-order valence-corrected chi connectivity index (χ0v) is 8.98. The number of nitrogens with zero attached hydrogens (tertiary/aromatic N) is 1. The molecule has 5 nitrogen and oxygen atoms in total. The van der Waals surface area contributed by atoms with Gasteiger partial charge in [-0.25, -0.2) is 4.79 Å². The molecule has 1 N–H and O–H groups in total. The van der Waals surface area contributed by atoms with Crippen molar-refractivity contribution in [2.75, 3.05) is 0 Å². The average molecular weight is 221 g/mol. The molecule has 0 aromatic rings. The fraction of sp³-hybridized carbons (Fsp3) is 0.364. The molecule has 2 aliphatic heterocycles. The van der Waals surface area contributed by atoms with Crippen LogP contribution in [-0.4, -0.2) is 27.7 Å². The Balaban J connectivity index is 2.57. The van der Waals surface area contributed by atoms with E-state index >= 15 is 0 Å². The highest BCUT2D eigenvalue weighted by Gasteiger charge is 2.44. The number of allylic oxidation sites excluding steroid dienone is 2. The molecule has 0 saturated heterocycles. The first-order valence-corrected chi connectivity index (χ1v) is 4.87. The van der Waals surface area contributed by atoms with Gasteiger partial charge in [-0.15, -0.1) is 0 Å². The number of hydrogen-bond donors (Lipinski definition) is 1. The van der Waals surface area contributed by atoms with Gasteiger partial charge in [-0.05, 0) is 6.08 Å². The van der Waals surface area contributed by atoms with Crippen LogP contribution in [0.15, 0.2) is 23.5 Å². The number of amides is 1. The van der Waals surface area contributed by atoms with Crippen molar-refractivity contribution < 1.29 is 19.5 Å². The minimum Gasteiger partial charge on any atom is -0.477 e. The molecular formula is C11H11NO4. The van der Waals surface area contributed by atoms with Crippen molar-refractivity contribution in [3.05, 3.63) is 23.5 Å². The van der Waals surface area contributed by atoms with Gasteiger partial charge in [0, 0.05) is 17.2 Å². The lowest BCUT2D eigenvalue weighted by molar-refractivity contribution is -0.140. The van der Waals surface area contributed by atoms with Crippen molar-refractivity contribution in [2.45, 2.75) is 20.3 Å². The van der Waals surface area contributed by atoms with Crippen LogP contribution in [0, 0.1) is 5.41 Å². The van der Waals surface area contributed by atoms with E-state index < -0.39 is 17.3 Å². The third-order valence-electron chi connectivity index (χ3n) is 2.73. The summed E-state index contributed by atoms with van der Waals surface area (Å²) >= 11 is 0. The Morgan fingerprint density at radius 1 is 1.44 bits per heavy atom. The first-order chi connectivity index (χ1) is 7.33. The van der Waals surface area contributed by atoms with Crippen molar-refractivity contribution in [2.24, 2.45) is 5.41 Å². The molecule has 1 amide bonds. The van der Waals surface area contributed by atoms with Crippen LogP contribution in [0.5, 0.6) is 0 Å². The van der Waals surface area contributed by atoms with E-state index in [-0.39, 0.29) is 17.9 Å². The van der Waals surface area contributed by atoms with Crippen LogP contribution in [0.4, 0.5) is 0 Å². The van der Waals surface area contributed by atoms with Gasteiger partial charge in [-0.2, -0.15) is 0 Å². The number of carboxylic acids is 1. The molecule has 0 spiro atoms.